The number of allylic oxidation sites excluding steroid dienone is 3. The second-order valence-corrected chi connectivity index (χ2v) is 24.6. The Morgan fingerprint density at radius 2 is 1.52 bits per heavy atom. The lowest BCUT2D eigenvalue weighted by Crippen LogP contribution is -2.72. The average Bonchev–Trinajstić information content (AvgIpc) is 0.738. The van der Waals surface area contributed by atoms with Gasteiger partial charge in [0, 0.05) is 91.0 Å². The number of amides is 6. The molecule has 0 spiro atoms. The molecule has 94 heavy (non-hydrogen) atoms. The topological polar surface area (TPSA) is 322 Å². The number of alkyl carbamates (subject to hydrolysis) is 1. The minimum absolute atomic E-state index is 0.0497. The highest BCUT2D eigenvalue weighted by molar-refractivity contribution is 6.35. The van der Waals surface area contributed by atoms with Crippen LogP contribution in [-0.4, -0.2) is 199 Å². The van der Waals surface area contributed by atoms with Crippen LogP contribution >= 0.6 is 11.6 Å². The van der Waals surface area contributed by atoms with Gasteiger partial charge in [-0.25, -0.2) is 15.1 Å². The van der Waals surface area contributed by atoms with Crippen molar-refractivity contribution in [2.45, 2.75) is 133 Å². The number of nitrogens with one attached hydrogen (secondary N) is 3. The number of hydrogen-bond donors (Lipinski definition) is 5. The SMILES string of the molecule is COc1cc2cc(c1Cl)N(C)C(=O)C[C@H](OC(=O)[C@H](C)N(C)C(=O)CCCC(=O)N(C)CCOCCOCCOCCOCCC(=O)NCCC(=O)N1Cc3ccccc3/C(N=N)=C(/N)c3ccccc31)[C@@]1(C)CC(C)(O1)[C@@H]1C[C@@](O)(NC(=O)O1)[C@H](OC)/C=C/C=C(/C)C2. The van der Waals surface area contributed by atoms with Gasteiger partial charge in [-0.1, -0.05) is 77.9 Å². The molecule has 7 atom stereocenters. The van der Waals surface area contributed by atoms with Gasteiger partial charge in [0.2, 0.25) is 29.5 Å². The first-order valence-electron chi connectivity index (χ1n) is 31.4. The van der Waals surface area contributed by atoms with Crippen molar-refractivity contribution in [3.8, 4) is 5.75 Å². The van der Waals surface area contributed by atoms with E-state index in [1.807, 2.05) is 49.4 Å². The number of fused-ring (bicyclic) bond motifs is 8. The molecule has 0 saturated carbocycles. The lowest BCUT2D eigenvalue weighted by Gasteiger charge is -2.59. The van der Waals surface area contributed by atoms with Crippen LogP contribution in [0.1, 0.15) is 101 Å². The number of likely N-dealkylation sites (N-methyl/N-ethyl adjacent to an activating group) is 2. The van der Waals surface area contributed by atoms with Crippen LogP contribution in [0.5, 0.6) is 5.75 Å². The molecule has 8 rings (SSSR count). The molecule has 6 amide bonds. The molecule has 2 saturated heterocycles. The molecule has 0 aromatic heterocycles. The Kier molecular flexibility index (Phi) is 26.6. The third-order valence-electron chi connectivity index (χ3n) is 17.2. The van der Waals surface area contributed by atoms with Crippen molar-refractivity contribution in [2.24, 2.45) is 10.8 Å². The van der Waals surface area contributed by atoms with Crippen LogP contribution in [0.4, 0.5) is 16.2 Å². The van der Waals surface area contributed by atoms with Crippen molar-refractivity contribution in [1.29, 1.82) is 5.53 Å². The quantitative estimate of drug-likeness (QED) is 0.0290. The van der Waals surface area contributed by atoms with Crippen LogP contribution < -0.4 is 30.9 Å². The van der Waals surface area contributed by atoms with Crippen LogP contribution in [-0.2, 0) is 79.6 Å². The van der Waals surface area contributed by atoms with Crippen molar-refractivity contribution in [2.75, 3.05) is 111 Å². The summed E-state index contributed by atoms with van der Waals surface area (Å²) in [4.78, 5) is 100. The molecular formula is C67H90ClN9O17. The van der Waals surface area contributed by atoms with Gasteiger partial charge in [0.25, 0.3) is 0 Å². The summed E-state index contributed by atoms with van der Waals surface area (Å²) in [6.07, 6.45) is 1.38. The molecule has 5 aliphatic heterocycles. The number of rotatable bonds is 28. The maximum atomic E-state index is 14.4. The van der Waals surface area contributed by atoms with E-state index in [9.17, 15) is 38.7 Å². The van der Waals surface area contributed by atoms with E-state index >= 15 is 0 Å². The third kappa shape index (κ3) is 19.0. The smallest absolute Gasteiger partial charge is 0.409 e. The van der Waals surface area contributed by atoms with E-state index in [2.05, 4.69) is 15.7 Å². The average molecular weight is 1330 g/mol. The maximum Gasteiger partial charge on any atom is 0.409 e. The Morgan fingerprint density at radius 3 is 2.19 bits per heavy atom. The Bertz CT molecular complexity index is 3300. The number of carbonyl (C=O) groups is 7. The van der Waals surface area contributed by atoms with E-state index < -0.39 is 71.6 Å². The number of esters is 1. The van der Waals surface area contributed by atoms with Gasteiger partial charge in [-0.15, -0.1) is 0 Å². The number of nitrogens with two attached hydrogens (primary N) is 1. The molecule has 6 bridgehead atoms. The van der Waals surface area contributed by atoms with Crippen LogP contribution in [0.2, 0.25) is 5.02 Å². The summed E-state index contributed by atoms with van der Waals surface area (Å²) in [6.45, 7) is 9.64. The molecule has 6 N–H and O–H groups in total. The van der Waals surface area contributed by atoms with Crippen molar-refractivity contribution < 1.29 is 81.3 Å². The zero-order valence-electron chi connectivity index (χ0n) is 55.1. The summed E-state index contributed by atoms with van der Waals surface area (Å²) >= 11 is 6.83. The Balaban J connectivity index is 0.770. The second-order valence-electron chi connectivity index (χ2n) is 24.2. The molecule has 5 heterocycles. The third-order valence-corrected chi connectivity index (χ3v) is 17.6. The summed E-state index contributed by atoms with van der Waals surface area (Å²) in [7, 11) is 7.52. The first kappa shape index (κ1) is 73.6. The summed E-state index contributed by atoms with van der Waals surface area (Å²) in [5.41, 5.74) is 15.1. The molecule has 2 fully saturated rings. The van der Waals surface area contributed by atoms with Gasteiger partial charge >= 0.3 is 12.1 Å². The highest BCUT2D eigenvalue weighted by Gasteiger charge is 2.63. The Hall–Kier alpha value is -7.82. The molecule has 1 unspecified atom stereocenters. The molecule has 0 radical (unpaired) electrons. The van der Waals surface area contributed by atoms with Gasteiger partial charge in [0.15, 0.2) is 5.72 Å². The van der Waals surface area contributed by atoms with E-state index in [4.69, 9.17) is 65.5 Å². The molecule has 27 heteroatoms. The zero-order valence-corrected chi connectivity index (χ0v) is 55.9. The molecular weight excluding hydrogens is 1240 g/mol. The maximum absolute atomic E-state index is 14.4. The molecule has 0 aliphatic carbocycles. The number of aliphatic hydroxyl groups is 1. The molecule has 512 valence electrons. The van der Waals surface area contributed by atoms with Gasteiger partial charge < -0.3 is 78.4 Å². The fourth-order valence-corrected chi connectivity index (χ4v) is 12.1. The number of nitrogens with zero attached hydrogens (tertiary/aromatic N) is 5. The minimum Gasteiger partial charge on any atom is -0.495 e. The van der Waals surface area contributed by atoms with Crippen molar-refractivity contribution in [3.05, 3.63) is 112 Å². The number of para-hydroxylation sites is 1. The van der Waals surface area contributed by atoms with E-state index in [0.717, 1.165) is 16.7 Å². The molecule has 3 aromatic rings. The zero-order chi connectivity index (χ0) is 68.3. The lowest BCUT2D eigenvalue weighted by atomic mass is 9.72. The number of hydrogen-bond acceptors (Lipinski definition) is 20. The van der Waals surface area contributed by atoms with Crippen LogP contribution in [0.25, 0.3) is 11.4 Å². The molecule has 5 aliphatic rings. The van der Waals surface area contributed by atoms with Gasteiger partial charge in [0.05, 0.1) is 90.0 Å². The van der Waals surface area contributed by atoms with Gasteiger partial charge in [0.1, 0.15) is 52.0 Å². The molecule has 3 aromatic carbocycles. The Morgan fingerprint density at radius 1 is 0.883 bits per heavy atom. The highest BCUT2D eigenvalue weighted by Crippen LogP contribution is 2.51. The fourth-order valence-electron chi connectivity index (χ4n) is 11.8. The van der Waals surface area contributed by atoms with Crippen molar-refractivity contribution >= 4 is 76.0 Å². The number of benzene rings is 3. The van der Waals surface area contributed by atoms with E-state index in [1.54, 1.807) is 69.3 Å². The Labute approximate surface area is 553 Å². The second kappa shape index (κ2) is 34.0. The van der Waals surface area contributed by atoms with Crippen LogP contribution in [0, 0.1) is 5.53 Å². The number of ether oxygens (including phenoxy) is 9. The first-order chi connectivity index (χ1) is 44.8. The van der Waals surface area contributed by atoms with Crippen molar-refractivity contribution in [1.82, 2.24) is 20.4 Å². The fraction of sp³-hybridized carbons (Fsp3) is 0.537. The van der Waals surface area contributed by atoms with E-state index in [0.29, 0.717) is 79.0 Å². The van der Waals surface area contributed by atoms with E-state index in [1.165, 1.54) is 42.9 Å². The summed E-state index contributed by atoms with van der Waals surface area (Å²) in [5, 5.41) is 21.1. The van der Waals surface area contributed by atoms with E-state index in [-0.39, 0.29) is 107 Å². The lowest BCUT2D eigenvalue weighted by molar-refractivity contribution is -0.328. The number of carbonyl (C=O) groups excluding carboxylic acids is 7. The number of halogens is 1. The minimum atomic E-state index is -1.91. The summed E-state index contributed by atoms with van der Waals surface area (Å²) in [6, 6.07) is 17.0. The standard InChI is InChI=1S/C67H90ClN9O17/c1-43-16-14-21-52(87-9)67(85)40-54(93-64(84)72-67)66(4)42-65(3,94-66)53(39-59(82)76(7)50-37-45(36-43)38-51(86-8)60(50)68)92-63(83)44(2)75(6)57(80)23-15-22-56(79)74(5)27-29-89-31-33-91-35-34-90-32-30-88-28-25-55(78)71-26-24-58(81)77-41-46-17-10-11-18-47(46)62(73-70)61(69)48-19-12-13-20-49(48)77/h10-14,16-21,37-38,44,52-54,70,85H,15,22-36,39-42,69H2,1-9H3,(H,71,78)(H,72,84)/b21-14+,43-16-,62-61-,73-70?/t44-,52+,53-,54-,65+,66?,67-/m0/s1. The monoisotopic (exact) mass is 1330 g/mol. The summed E-state index contributed by atoms with van der Waals surface area (Å²) in [5.74, 6) is -2.06. The van der Waals surface area contributed by atoms with Gasteiger partial charge in [-0.3, -0.25) is 29.3 Å². The first-order valence-corrected chi connectivity index (χ1v) is 31.8. The molecule has 26 nitrogen and oxygen atoms in total. The highest BCUT2D eigenvalue weighted by atomic mass is 35.5. The van der Waals surface area contributed by atoms with Gasteiger partial charge in [-0.05, 0) is 69.9 Å². The van der Waals surface area contributed by atoms with Crippen molar-refractivity contribution in [3.63, 3.8) is 0 Å². The van der Waals surface area contributed by atoms with Crippen LogP contribution in [0.3, 0.4) is 0 Å². The normalized spacial score (nSPS) is 24.0. The predicted octanol–water partition coefficient (Wildman–Crippen LogP) is 6.61. The summed E-state index contributed by atoms with van der Waals surface area (Å²) < 4.78 is 52.1. The van der Waals surface area contributed by atoms with Crippen LogP contribution in [0.15, 0.2) is 89.6 Å². The van der Waals surface area contributed by atoms with Gasteiger partial charge in [-0.2, -0.15) is 5.11 Å². The number of methoxy groups -OCH3 is 2. The number of anilines is 2. The largest absolute Gasteiger partial charge is 0.495 e. The predicted molar refractivity (Wildman–Crippen MR) is 348 cm³/mol.